The molecule has 2 heterocycles. The molecule has 278 valence electrons. The number of amides is 2. The maximum Gasteiger partial charge on any atom is 0.228 e. The number of aliphatic hydroxyl groups is 1. The Bertz CT molecular complexity index is 1790. The van der Waals surface area contributed by atoms with Crippen molar-refractivity contribution in [2.75, 3.05) is 0 Å². The number of nitrogens with one attached hydrogen (secondary N) is 4. The van der Waals surface area contributed by atoms with Crippen LogP contribution in [0.15, 0.2) is 36.4 Å². The average molecular weight is 699 g/mol. The number of carbonyl (C=O) groups is 2. The van der Waals surface area contributed by atoms with Crippen LogP contribution in [0, 0.1) is 53.3 Å². The van der Waals surface area contributed by atoms with Gasteiger partial charge < -0.3 is 25.7 Å². The highest BCUT2D eigenvalue weighted by Crippen LogP contribution is 2.30. The van der Waals surface area contributed by atoms with Crippen LogP contribution in [0.1, 0.15) is 120 Å². The van der Waals surface area contributed by atoms with E-state index in [0.717, 1.165) is 45.0 Å². The average Bonchev–Trinajstić information content (AvgIpc) is 3.63. The van der Waals surface area contributed by atoms with Gasteiger partial charge in [-0.25, -0.2) is 9.97 Å². The molecule has 0 aliphatic carbocycles. The predicted molar refractivity (Wildman–Crippen MR) is 211 cm³/mol. The van der Waals surface area contributed by atoms with Crippen LogP contribution in [0.2, 0.25) is 0 Å². The number of hydrogen-bond donors (Lipinski definition) is 5. The van der Waals surface area contributed by atoms with Crippen molar-refractivity contribution in [1.29, 1.82) is 0 Å². The van der Waals surface area contributed by atoms with E-state index in [1.165, 1.54) is 0 Å². The molecule has 2 amide bonds. The summed E-state index contributed by atoms with van der Waals surface area (Å²) in [5.41, 5.74) is 2.34. The number of hydrogen-bond acceptors (Lipinski definition) is 5. The molecule has 4 rings (SSSR count). The second kappa shape index (κ2) is 19.1. The monoisotopic (exact) mass is 698 g/mol. The van der Waals surface area contributed by atoms with E-state index in [4.69, 9.17) is 0 Å². The molecule has 0 spiro atoms. The maximum atomic E-state index is 12.6. The Morgan fingerprint density at radius 1 is 0.706 bits per heavy atom. The van der Waals surface area contributed by atoms with Crippen LogP contribution in [-0.4, -0.2) is 42.5 Å². The third-order valence-corrected chi connectivity index (χ3v) is 8.37. The molecule has 51 heavy (non-hydrogen) atoms. The van der Waals surface area contributed by atoms with E-state index in [-0.39, 0.29) is 24.3 Å². The first kappa shape index (κ1) is 44.4. The van der Waals surface area contributed by atoms with Gasteiger partial charge in [0, 0.05) is 16.5 Å². The molecule has 0 saturated heterocycles. The van der Waals surface area contributed by atoms with Gasteiger partial charge >= 0.3 is 0 Å². The quantitative estimate of drug-likeness (QED) is 0.118. The number of imidazole rings is 2. The van der Waals surface area contributed by atoms with Gasteiger partial charge in [-0.15, -0.1) is 12.8 Å². The van der Waals surface area contributed by atoms with Crippen molar-refractivity contribution in [2.45, 2.75) is 116 Å². The number of nitrogens with zero attached hydrogens (tertiary/aromatic N) is 2. The van der Waals surface area contributed by atoms with Crippen LogP contribution in [0.25, 0.3) is 22.1 Å². The van der Waals surface area contributed by atoms with Gasteiger partial charge in [0.1, 0.15) is 11.6 Å². The molecule has 4 aromatic rings. The number of terminal acetylenes is 1. The molecule has 0 atom stereocenters. The van der Waals surface area contributed by atoms with Crippen LogP contribution in [0.5, 0.6) is 0 Å². The van der Waals surface area contributed by atoms with Crippen LogP contribution < -0.4 is 10.6 Å². The van der Waals surface area contributed by atoms with Gasteiger partial charge in [-0.3, -0.25) is 9.59 Å². The first-order valence-electron chi connectivity index (χ1n) is 17.7. The zero-order valence-electron chi connectivity index (χ0n) is 33.4. The van der Waals surface area contributed by atoms with E-state index in [1.54, 1.807) is 27.7 Å². The first-order chi connectivity index (χ1) is 23.5. The topological polar surface area (TPSA) is 136 Å². The van der Waals surface area contributed by atoms with Gasteiger partial charge in [-0.05, 0) is 81.8 Å². The Balaban J connectivity index is 0.00000116. The number of fused-ring (bicyclic) bond motifs is 2. The highest BCUT2D eigenvalue weighted by Gasteiger charge is 2.41. The molecule has 0 bridgehead atoms. The summed E-state index contributed by atoms with van der Waals surface area (Å²) in [6.07, 6.45) is 8.00. The summed E-state index contributed by atoms with van der Waals surface area (Å²) in [5.74, 6) is 9.36. The lowest BCUT2D eigenvalue weighted by molar-refractivity contribution is -0.142. The summed E-state index contributed by atoms with van der Waals surface area (Å²) in [7, 11) is 0. The number of benzene rings is 2. The lowest BCUT2D eigenvalue weighted by Gasteiger charge is -2.35. The fraction of sp³-hybridized carbons (Fsp3) is 0.524. The number of aromatic nitrogens is 4. The molecular formula is C42H62N6O3. The fourth-order valence-corrected chi connectivity index (χ4v) is 3.91. The Hall–Kier alpha value is -4.60. The summed E-state index contributed by atoms with van der Waals surface area (Å²) in [6.45, 7) is 28.2. The van der Waals surface area contributed by atoms with Gasteiger partial charge in [0.15, 0.2) is 0 Å². The Morgan fingerprint density at radius 3 is 1.39 bits per heavy atom. The van der Waals surface area contributed by atoms with Crippen molar-refractivity contribution in [2.24, 2.45) is 28.6 Å². The molecule has 0 saturated carbocycles. The molecule has 0 aliphatic rings. The largest absolute Gasteiger partial charge is 0.389 e. The highest BCUT2D eigenvalue weighted by molar-refractivity contribution is 5.83. The predicted octanol–water partition coefficient (Wildman–Crippen LogP) is 8.12. The van der Waals surface area contributed by atoms with Crippen molar-refractivity contribution in [1.82, 2.24) is 30.6 Å². The zero-order chi connectivity index (χ0) is 39.3. The van der Waals surface area contributed by atoms with Gasteiger partial charge in [-0.2, -0.15) is 0 Å². The number of aromatic amines is 2. The highest BCUT2D eigenvalue weighted by atomic mass is 16.3. The van der Waals surface area contributed by atoms with Crippen molar-refractivity contribution in [3.05, 3.63) is 59.2 Å². The maximum absolute atomic E-state index is 12.6. The first-order valence-corrected chi connectivity index (χ1v) is 17.7. The molecule has 0 radical (unpaired) electrons. The minimum atomic E-state index is -1.16. The Kier molecular flexibility index (Phi) is 16.7. The van der Waals surface area contributed by atoms with Gasteiger partial charge in [0.25, 0.3) is 0 Å². The van der Waals surface area contributed by atoms with Crippen molar-refractivity contribution < 1.29 is 14.7 Å². The molecule has 0 fully saturated rings. The standard InChI is InChI=1S/C32H40N6O3.2C4H10.C2H2/c1-19(2)30(3,4)28(39)33-17-26-35-22-13-11-20(15-24(22)37-26)9-10-21-12-14-23-25(16-21)38-27(36-23)18-34-29(40)31(5,6)32(7,8)41;2*1-4(2)3;1-2/h11-16,19,41H,17-18H2,1-8H3,(H,33,39)(H,34,40)(H,35,37)(H,36,38);2*4H,1-3H3;1-2H. The minimum absolute atomic E-state index is 0.000285. The zero-order valence-corrected chi connectivity index (χ0v) is 33.4. The third kappa shape index (κ3) is 13.6. The van der Waals surface area contributed by atoms with E-state index in [2.05, 4.69) is 96.8 Å². The molecule has 0 unspecified atom stereocenters. The molecule has 9 nitrogen and oxygen atoms in total. The summed E-state index contributed by atoms with van der Waals surface area (Å²) >= 11 is 0. The molecule has 9 heteroatoms. The SMILES string of the molecule is C#C.CC(C)C.CC(C)C.CC(C)C(C)(C)C(=O)NCc1nc2ccc(C#Cc3ccc4nc(CNC(=O)C(C)(C)C(C)(C)O)[nH]c4c3)cc2[nH]1. The molecular weight excluding hydrogens is 637 g/mol. The molecule has 5 N–H and O–H groups in total. The van der Waals surface area contributed by atoms with E-state index in [1.807, 2.05) is 64.1 Å². The van der Waals surface area contributed by atoms with Gasteiger partial charge in [0.05, 0.1) is 46.2 Å². The lowest BCUT2D eigenvalue weighted by Crippen LogP contribution is -2.50. The molecule has 2 aromatic carbocycles. The Morgan fingerprint density at radius 2 is 1.06 bits per heavy atom. The van der Waals surface area contributed by atoms with Crippen molar-refractivity contribution >= 4 is 33.9 Å². The molecule has 0 aliphatic heterocycles. The minimum Gasteiger partial charge on any atom is -0.389 e. The number of H-pyrrole nitrogens is 2. The second-order valence-electron chi connectivity index (χ2n) is 16.0. The number of rotatable bonds is 8. The van der Waals surface area contributed by atoms with E-state index >= 15 is 0 Å². The molecule has 2 aromatic heterocycles. The van der Waals surface area contributed by atoms with Crippen molar-refractivity contribution in [3.8, 4) is 24.7 Å². The second-order valence-corrected chi connectivity index (χ2v) is 16.0. The summed E-state index contributed by atoms with van der Waals surface area (Å²) in [4.78, 5) is 40.9. The van der Waals surface area contributed by atoms with E-state index in [0.29, 0.717) is 18.2 Å². The van der Waals surface area contributed by atoms with Crippen LogP contribution in [-0.2, 0) is 22.7 Å². The summed E-state index contributed by atoms with van der Waals surface area (Å²) in [5, 5.41) is 16.2. The summed E-state index contributed by atoms with van der Waals surface area (Å²) in [6, 6.07) is 11.5. The number of carbonyl (C=O) groups excluding carboxylic acids is 2. The third-order valence-electron chi connectivity index (χ3n) is 8.37. The smallest absolute Gasteiger partial charge is 0.228 e. The van der Waals surface area contributed by atoms with Gasteiger partial charge in [0.2, 0.25) is 11.8 Å². The lowest BCUT2D eigenvalue weighted by atomic mass is 9.76. The van der Waals surface area contributed by atoms with Crippen molar-refractivity contribution in [3.63, 3.8) is 0 Å². The normalized spacial score (nSPS) is 11.5. The summed E-state index contributed by atoms with van der Waals surface area (Å²) < 4.78 is 0. The van der Waals surface area contributed by atoms with Crippen LogP contribution >= 0.6 is 0 Å². The van der Waals surface area contributed by atoms with Gasteiger partial charge in [-0.1, -0.05) is 81.1 Å². The Labute approximate surface area is 306 Å². The fourth-order valence-electron chi connectivity index (χ4n) is 3.91. The van der Waals surface area contributed by atoms with E-state index < -0.39 is 16.4 Å². The van der Waals surface area contributed by atoms with Crippen LogP contribution in [0.3, 0.4) is 0 Å². The van der Waals surface area contributed by atoms with E-state index in [9.17, 15) is 14.7 Å². The van der Waals surface area contributed by atoms with Crippen LogP contribution in [0.4, 0.5) is 0 Å².